The summed E-state index contributed by atoms with van der Waals surface area (Å²) in [5.41, 5.74) is 0.0974. The van der Waals surface area contributed by atoms with E-state index in [0.29, 0.717) is 35.8 Å². The maximum atomic E-state index is 13.0. The first kappa shape index (κ1) is 19.4. The molecule has 1 amide bonds. The molecule has 0 aromatic carbocycles. The molecule has 0 aliphatic heterocycles. The van der Waals surface area contributed by atoms with Crippen molar-refractivity contribution in [2.24, 2.45) is 0 Å². The van der Waals surface area contributed by atoms with E-state index < -0.39 is 0 Å². The number of rotatable bonds is 7. The molecule has 3 heterocycles. The molecule has 0 radical (unpaired) electrons. The zero-order valence-electron chi connectivity index (χ0n) is 15.3. The summed E-state index contributed by atoms with van der Waals surface area (Å²) < 4.78 is 18.1. The van der Waals surface area contributed by atoms with E-state index in [1.807, 2.05) is 0 Å². The first-order valence-corrected chi connectivity index (χ1v) is 9.18. The molecule has 3 aromatic heterocycles. The van der Waals surface area contributed by atoms with Crippen molar-refractivity contribution < 1.29 is 18.4 Å². The van der Waals surface area contributed by atoms with Crippen molar-refractivity contribution in [2.45, 2.75) is 26.4 Å². The van der Waals surface area contributed by atoms with Crippen LogP contribution in [0.15, 0.2) is 36.8 Å². The summed E-state index contributed by atoms with van der Waals surface area (Å²) in [6.07, 6.45) is 2.10. The maximum absolute atomic E-state index is 13.0. The van der Waals surface area contributed by atoms with Crippen LogP contribution in [0.25, 0.3) is 11.1 Å². The van der Waals surface area contributed by atoms with Gasteiger partial charge in [-0.2, -0.15) is 0 Å². The second kappa shape index (κ2) is 8.10. The number of aryl methyl sites for hydroxylation is 2. The standard InChI is InChI=1S/C18H20BrN3O5/c1-11-14(17(23)21(2)9-12-5-6-13(19)27-12)15-16(26-11)20-10-22(18(15)24)7-4-8-25-3/h5-6,10H,4,7-9H2,1-3H3. The predicted octanol–water partition coefficient (Wildman–Crippen LogP) is 2.96. The minimum absolute atomic E-state index is 0.165. The Kier molecular flexibility index (Phi) is 5.81. The Balaban J connectivity index is 1.94. The molecule has 0 saturated heterocycles. The Labute approximate surface area is 163 Å². The number of methoxy groups -OCH3 is 1. The van der Waals surface area contributed by atoms with Crippen LogP contribution < -0.4 is 5.56 Å². The highest BCUT2D eigenvalue weighted by Gasteiger charge is 2.25. The molecule has 0 aliphatic carbocycles. The van der Waals surface area contributed by atoms with Gasteiger partial charge in [0.1, 0.15) is 23.2 Å². The van der Waals surface area contributed by atoms with Gasteiger partial charge >= 0.3 is 0 Å². The fourth-order valence-corrected chi connectivity index (χ4v) is 3.21. The number of fused-ring (bicyclic) bond motifs is 1. The lowest BCUT2D eigenvalue weighted by molar-refractivity contribution is 0.0775. The molecule has 0 spiro atoms. The number of carbonyl (C=O) groups is 1. The van der Waals surface area contributed by atoms with Gasteiger partial charge in [0, 0.05) is 27.3 Å². The van der Waals surface area contributed by atoms with E-state index in [1.54, 1.807) is 33.2 Å². The van der Waals surface area contributed by atoms with Crippen molar-refractivity contribution in [3.05, 3.63) is 50.6 Å². The van der Waals surface area contributed by atoms with Gasteiger partial charge in [-0.05, 0) is 41.4 Å². The largest absolute Gasteiger partial charge is 0.452 e. The van der Waals surface area contributed by atoms with Crippen molar-refractivity contribution in [2.75, 3.05) is 20.8 Å². The van der Waals surface area contributed by atoms with E-state index in [4.69, 9.17) is 13.6 Å². The molecule has 0 atom stereocenters. The monoisotopic (exact) mass is 437 g/mol. The molecule has 0 unspecified atom stereocenters. The Bertz CT molecular complexity index is 1020. The van der Waals surface area contributed by atoms with Crippen LogP contribution in [0.1, 0.15) is 28.3 Å². The fraction of sp³-hybridized carbons (Fsp3) is 0.389. The Morgan fingerprint density at radius 1 is 1.37 bits per heavy atom. The Hall–Kier alpha value is -2.39. The van der Waals surface area contributed by atoms with Crippen molar-refractivity contribution >= 4 is 32.9 Å². The van der Waals surface area contributed by atoms with Gasteiger partial charge in [-0.3, -0.25) is 14.2 Å². The topological polar surface area (TPSA) is 90.7 Å². The van der Waals surface area contributed by atoms with E-state index >= 15 is 0 Å². The van der Waals surface area contributed by atoms with Gasteiger partial charge in [0.25, 0.3) is 11.5 Å². The van der Waals surface area contributed by atoms with Crippen LogP contribution in [-0.4, -0.2) is 41.1 Å². The lowest BCUT2D eigenvalue weighted by atomic mass is 10.1. The summed E-state index contributed by atoms with van der Waals surface area (Å²) in [5, 5.41) is 0.199. The van der Waals surface area contributed by atoms with Crippen LogP contribution in [0.3, 0.4) is 0 Å². The van der Waals surface area contributed by atoms with Crippen LogP contribution in [0, 0.1) is 6.92 Å². The van der Waals surface area contributed by atoms with E-state index in [9.17, 15) is 9.59 Å². The number of amides is 1. The van der Waals surface area contributed by atoms with Gasteiger partial charge in [0.15, 0.2) is 4.67 Å². The van der Waals surface area contributed by atoms with E-state index in [2.05, 4.69) is 20.9 Å². The number of nitrogens with zero attached hydrogens (tertiary/aromatic N) is 3. The summed E-state index contributed by atoms with van der Waals surface area (Å²) in [6, 6.07) is 3.54. The second-order valence-corrected chi connectivity index (χ2v) is 6.95. The highest BCUT2D eigenvalue weighted by Crippen LogP contribution is 2.23. The summed E-state index contributed by atoms with van der Waals surface area (Å²) in [7, 11) is 3.25. The van der Waals surface area contributed by atoms with Gasteiger partial charge < -0.3 is 18.5 Å². The van der Waals surface area contributed by atoms with Gasteiger partial charge in [0.2, 0.25) is 5.71 Å². The third kappa shape index (κ3) is 3.98. The van der Waals surface area contributed by atoms with E-state index in [0.717, 1.165) is 0 Å². The Morgan fingerprint density at radius 3 is 2.81 bits per heavy atom. The average molecular weight is 438 g/mol. The number of hydrogen-bond donors (Lipinski definition) is 0. The second-order valence-electron chi connectivity index (χ2n) is 6.17. The summed E-state index contributed by atoms with van der Waals surface area (Å²) in [6.45, 7) is 2.89. The predicted molar refractivity (Wildman–Crippen MR) is 102 cm³/mol. The molecule has 0 bridgehead atoms. The molecular weight excluding hydrogens is 418 g/mol. The molecule has 0 N–H and O–H groups in total. The summed E-state index contributed by atoms with van der Waals surface area (Å²) >= 11 is 3.24. The number of halogens is 1. The smallest absolute Gasteiger partial charge is 0.265 e. The average Bonchev–Trinajstić information content (AvgIpc) is 3.19. The van der Waals surface area contributed by atoms with Crippen molar-refractivity contribution in [1.29, 1.82) is 0 Å². The van der Waals surface area contributed by atoms with Crippen molar-refractivity contribution in [3.8, 4) is 0 Å². The number of hydrogen-bond acceptors (Lipinski definition) is 6. The zero-order valence-corrected chi connectivity index (χ0v) is 16.9. The van der Waals surface area contributed by atoms with Gasteiger partial charge in [-0.1, -0.05) is 0 Å². The molecule has 8 nitrogen and oxygen atoms in total. The fourth-order valence-electron chi connectivity index (χ4n) is 2.87. The first-order chi connectivity index (χ1) is 12.9. The van der Waals surface area contributed by atoms with Crippen LogP contribution >= 0.6 is 15.9 Å². The molecule has 27 heavy (non-hydrogen) atoms. The Morgan fingerprint density at radius 2 is 2.15 bits per heavy atom. The normalized spacial score (nSPS) is 11.3. The molecule has 3 rings (SSSR count). The molecule has 3 aromatic rings. The molecule has 0 aliphatic rings. The minimum Gasteiger partial charge on any atom is -0.452 e. The summed E-state index contributed by atoms with van der Waals surface area (Å²) in [5.74, 6) is 0.660. The van der Waals surface area contributed by atoms with Crippen LogP contribution in [0.5, 0.6) is 0 Å². The van der Waals surface area contributed by atoms with Crippen LogP contribution in [0.4, 0.5) is 0 Å². The number of ether oxygens (including phenoxy) is 1. The molecule has 0 saturated carbocycles. The lowest BCUT2D eigenvalue weighted by Gasteiger charge is -2.15. The quantitative estimate of drug-likeness (QED) is 0.527. The SMILES string of the molecule is COCCCn1cnc2oc(C)c(C(=O)N(C)Cc3ccc(Br)o3)c2c1=O. The van der Waals surface area contributed by atoms with Gasteiger partial charge in [-0.15, -0.1) is 0 Å². The third-order valence-corrected chi connectivity index (χ3v) is 4.61. The maximum Gasteiger partial charge on any atom is 0.265 e. The number of aromatic nitrogens is 2. The van der Waals surface area contributed by atoms with Crippen LogP contribution in [0.2, 0.25) is 0 Å². The van der Waals surface area contributed by atoms with E-state index in [1.165, 1.54) is 15.8 Å². The van der Waals surface area contributed by atoms with E-state index in [-0.39, 0.29) is 34.7 Å². The lowest BCUT2D eigenvalue weighted by Crippen LogP contribution is -2.28. The molecule has 0 fully saturated rings. The van der Waals surface area contributed by atoms with Crippen LogP contribution in [-0.2, 0) is 17.8 Å². The molecule has 144 valence electrons. The minimum atomic E-state index is -0.327. The van der Waals surface area contributed by atoms with Crippen molar-refractivity contribution in [3.63, 3.8) is 0 Å². The first-order valence-electron chi connectivity index (χ1n) is 8.39. The molecule has 9 heteroatoms. The third-order valence-electron chi connectivity index (χ3n) is 4.18. The summed E-state index contributed by atoms with van der Waals surface area (Å²) in [4.78, 5) is 31.5. The highest BCUT2D eigenvalue weighted by molar-refractivity contribution is 9.10. The highest BCUT2D eigenvalue weighted by atomic mass is 79.9. The number of furan rings is 2. The zero-order chi connectivity index (χ0) is 19.6. The van der Waals surface area contributed by atoms with Gasteiger partial charge in [-0.25, -0.2) is 4.98 Å². The molecular formula is C18H20BrN3O5. The van der Waals surface area contributed by atoms with Crippen molar-refractivity contribution in [1.82, 2.24) is 14.5 Å². The van der Waals surface area contributed by atoms with Gasteiger partial charge in [0.05, 0.1) is 12.1 Å². The number of carbonyl (C=O) groups excluding carboxylic acids is 1.